The fourth-order valence-corrected chi connectivity index (χ4v) is 2.07. The SMILES string of the molecule is O=C(O)CCCCCCCC=Cc1ccc(C(F)(F)F)cc1. The molecule has 0 radical (unpaired) electrons. The molecule has 0 heterocycles. The van der Waals surface area contributed by atoms with E-state index in [9.17, 15) is 18.0 Å². The van der Waals surface area contributed by atoms with Crippen LogP contribution in [0.25, 0.3) is 6.08 Å². The molecular weight excluding hydrogens is 293 g/mol. The molecule has 0 amide bonds. The second-order valence-corrected chi connectivity index (χ2v) is 5.22. The Balaban J connectivity index is 2.17. The van der Waals surface area contributed by atoms with Crippen LogP contribution in [0.15, 0.2) is 30.3 Å². The number of halogens is 3. The molecule has 1 rings (SSSR count). The number of hydrogen-bond donors (Lipinski definition) is 1. The summed E-state index contributed by atoms with van der Waals surface area (Å²) in [5, 5.41) is 8.48. The van der Waals surface area contributed by atoms with E-state index in [2.05, 4.69) is 0 Å². The maximum absolute atomic E-state index is 12.4. The Labute approximate surface area is 128 Å². The fraction of sp³-hybridized carbons (Fsp3) is 0.471. The molecule has 0 aliphatic rings. The summed E-state index contributed by atoms with van der Waals surface area (Å²) in [7, 11) is 0. The summed E-state index contributed by atoms with van der Waals surface area (Å²) in [5.74, 6) is -0.750. The highest BCUT2D eigenvalue weighted by Crippen LogP contribution is 2.29. The standard InChI is InChI=1S/C17H21F3O2/c18-17(19,20)15-12-10-14(11-13-15)8-6-4-2-1-3-5-7-9-16(21)22/h6,8,10-13H,1-5,7,9H2,(H,21,22). The van der Waals surface area contributed by atoms with E-state index in [4.69, 9.17) is 5.11 Å². The molecule has 0 spiro atoms. The smallest absolute Gasteiger partial charge is 0.416 e. The van der Waals surface area contributed by atoms with Gasteiger partial charge < -0.3 is 5.11 Å². The predicted molar refractivity (Wildman–Crippen MR) is 80.4 cm³/mol. The Morgan fingerprint density at radius 3 is 2.18 bits per heavy atom. The first-order chi connectivity index (χ1) is 10.4. The number of benzene rings is 1. The zero-order valence-corrected chi connectivity index (χ0v) is 12.4. The quantitative estimate of drug-likeness (QED) is 0.608. The van der Waals surface area contributed by atoms with Crippen LogP contribution in [-0.2, 0) is 11.0 Å². The summed E-state index contributed by atoms with van der Waals surface area (Å²) in [6.45, 7) is 0. The van der Waals surface area contributed by atoms with Crippen molar-refractivity contribution < 1.29 is 23.1 Å². The van der Waals surface area contributed by atoms with Gasteiger partial charge in [0.25, 0.3) is 0 Å². The summed E-state index contributed by atoms with van der Waals surface area (Å²) < 4.78 is 37.2. The van der Waals surface area contributed by atoms with E-state index < -0.39 is 17.7 Å². The normalized spacial score (nSPS) is 12.0. The van der Waals surface area contributed by atoms with Crippen molar-refractivity contribution in [1.82, 2.24) is 0 Å². The van der Waals surface area contributed by atoms with Gasteiger partial charge in [-0.05, 0) is 37.0 Å². The number of carboxylic acid groups (broad SMARTS) is 1. The molecule has 1 aromatic rings. The van der Waals surface area contributed by atoms with Gasteiger partial charge >= 0.3 is 12.1 Å². The van der Waals surface area contributed by atoms with Crippen molar-refractivity contribution in [2.75, 3.05) is 0 Å². The minimum absolute atomic E-state index is 0.230. The van der Waals surface area contributed by atoms with E-state index in [0.717, 1.165) is 56.2 Å². The van der Waals surface area contributed by atoms with Crippen molar-refractivity contribution in [2.45, 2.75) is 51.1 Å². The first kappa shape index (κ1) is 18.3. The van der Waals surface area contributed by atoms with Crippen LogP contribution in [0.5, 0.6) is 0 Å². The van der Waals surface area contributed by atoms with Gasteiger partial charge in [0.05, 0.1) is 5.56 Å². The van der Waals surface area contributed by atoms with Gasteiger partial charge in [-0.1, -0.05) is 43.5 Å². The summed E-state index contributed by atoms with van der Waals surface area (Å²) in [4.78, 5) is 10.3. The summed E-state index contributed by atoms with van der Waals surface area (Å²) in [6, 6.07) is 5.10. The third kappa shape index (κ3) is 7.86. The number of alkyl halides is 3. The summed E-state index contributed by atoms with van der Waals surface area (Å²) in [5.41, 5.74) is 0.125. The summed E-state index contributed by atoms with van der Waals surface area (Å²) >= 11 is 0. The van der Waals surface area contributed by atoms with E-state index >= 15 is 0 Å². The molecule has 0 saturated carbocycles. The van der Waals surface area contributed by atoms with Crippen molar-refractivity contribution >= 4 is 12.0 Å². The highest BCUT2D eigenvalue weighted by Gasteiger charge is 2.29. The molecule has 0 fully saturated rings. The molecule has 0 saturated heterocycles. The van der Waals surface area contributed by atoms with Crippen LogP contribution in [0.1, 0.15) is 56.1 Å². The predicted octanol–water partition coefficient (Wildman–Crippen LogP) is 5.53. The highest BCUT2D eigenvalue weighted by molar-refractivity contribution is 5.66. The van der Waals surface area contributed by atoms with E-state index in [1.165, 1.54) is 12.1 Å². The van der Waals surface area contributed by atoms with E-state index in [-0.39, 0.29) is 6.42 Å². The van der Waals surface area contributed by atoms with Gasteiger partial charge in [0.2, 0.25) is 0 Å². The lowest BCUT2D eigenvalue weighted by Crippen LogP contribution is -2.03. The second kappa shape index (κ2) is 9.28. The number of aliphatic carboxylic acids is 1. The first-order valence-electron chi connectivity index (χ1n) is 7.45. The van der Waals surface area contributed by atoms with Crippen molar-refractivity contribution in [1.29, 1.82) is 0 Å². The number of carboxylic acids is 1. The van der Waals surface area contributed by atoms with Crippen LogP contribution in [0.4, 0.5) is 13.2 Å². The lowest BCUT2D eigenvalue weighted by atomic mass is 10.1. The molecule has 1 N–H and O–H groups in total. The Morgan fingerprint density at radius 2 is 1.59 bits per heavy atom. The van der Waals surface area contributed by atoms with Crippen molar-refractivity contribution in [3.63, 3.8) is 0 Å². The van der Waals surface area contributed by atoms with Gasteiger partial charge in [0, 0.05) is 6.42 Å². The van der Waals surface area contributed by atoms with Crippen LogP contribution in [0.2, 0.25) is 0 Å². The van der Waals surface area contributed by atoms with Gasteiger partial charge in [-0.25, -0.2) is 0 Å². The number of carbonyl (C=O) groups is 1. The molecule has 0 aliphatic carbocycles. The Bertz CT molecular complexity index is 476. The average molecular weight is 314 g/mol. The first-order valence-corrected chi connectivity index (χ1v) is 7.45. The topological polar surface area (TPSA) is 37.3 Å². The lowest BCUT2D eigenvalue weighted by molar-refractivity contribution is -0.138. The molecule has 1 aromatic carbocycles. The number of hydrogen-bond acceptors (Lipinski definition) is 1. The molecule has 0 aromatic heterocycles. The second-order valence-electron chi connectivity index (χ2n) is 5.22. The van der Waals surface area contributed by atoms with Crippen molar-refractivity contribution in [3.8, 4) is 0 Å². The molecule has 0 aliphatic heterocycles. The van der Waals surface area contributed by atoms with E-state index in [1.54, 1.807) is 0 Å². The molecule has 0 atom stereocenters. The molecule has 22 heavy (non-hydrogen) atoms. The molecule has 0 bridgehead atoms. The van der Waals surface area contributed by atoms with Crippen LogP contribution in [0, 0.1) is 0 Å². The third-order valence-electron chi connectivity index (χ3n) is 3.31. The van der Waals surface area contributed by atoms with Gasteiger partial charge in [-0.15, -0.1) is 0 Å². The molecular formula is C17H21F3O2. The van der Waals surface area contributed by atoms with Gasteiger partial charge in [-0.3, -0.25) is 4.79 Å². The average Bonchev–Trinajstić information content (AvgIpc) is 2.45. The third-order valence-corrected chi connectivity index (χ3v) is 3.31. The van der Waals surface area contributed by atoms with Crippen molar-refractivity contribution in [2.24, 2.45) is 0 Å². The molecule has 2 nitrogen and oxygen atoms in total. The lowest BCUT2D eigenvalue weighted by Gasteiger charge is -2.05. The minimum atomic E-state index is -4.29. The zero-order chi connectivity index (χ0) is 16.4. The zero-order valence-electron chi connectivity index (χ0n) is 12.4. The molecule has 0 unspecified atom stereocenters. The van der Waals surface area contributed by atoms with Crippen LogP contribution in [-0.4, -0.2) is 11.1 Å². The van der Waals surface area contributed by atoms with Crippen LogP contribution >= 0.6 is 0 Å². The maximum Gasteiger partial charge on any atom is 0.416 e. The highest BCUT2D eigenvalue weighted by atomic mass is 19.4. The maximum atomic E-state index is 12.4. The van der Waals surface area contributed by atoms with Gasteiger partial charge in [0.1, 0.15) is 0 Å². The number of rotatable bonds is 9. The monoisotopic (exact) mass is 314 g/mol. The van der Waals surface area contributed by atoms with E-state index in [0.29, 0.717) is 0 Å². The fourth-order valence-electron chi connectivity index (χ4n) is 2.07. The van der Waals surface area contributed by atoms with Crippen LogP contribution < -0.4 is 0 Å². The molecule has 122 valence electrons. The summed E-state index contributed by atoms with van der Waals surface area (Å²) in [6.07, 6.45) is 5.30. The largest absolute Gasteiger partial charge is 0.481 e. The Kier molecular flexibility index (Phi) is 7.71. The van der Waals surface area contributed by atoms with E-state index in [1.807, 2.05) is 12.2 Å². The Morgan fingerprint density at radius 1 is 1.00 bits per heavy atom. The van der Waals surface area contributed by atoms with Crippen LogP contribution in [0.3, 0.4) is 0 Å². The van der Waals surface area contributed by atoms with Crippen molar-refractivity contribution in [3.05, 3.63) is 41.5 Å². The van der Waals surface area contributed by atoms with Gasteiger partial charge in [0.15, 0.2) is 0 Å². The van der Waals surface area contributed by atoms with Gasteiger partial charge in [-0.2, -0.15) is 13.2 Å². The molecule has 5 heteroatoms. The minimum Gasteiger partial charge on any atom is -0.481 e. The number of allylic oxidation sites excluding steroid dienone is 1. The Hall–Kier alpha value is -1.78. The number of unbranched alkanes of at least 4 members (excludes halogenated alkanes) is 5.